The second-order valence-electron chi connectivity index (χ2n) is 5.11. The summed E-state index contributed by atoms with van der Waals surface area (Å²) < 4.78 is 12.1. The first kappa shape index (κ1) is 15.9. The van der Waals surface area contributed by atoms with Gasteiger partial charge in [-0.05, 0) is 49.7 Å². The number of nitrogens with zero attached hydrogens (tertiary/aromatic N) is 1. The molecule has 0 saturated carbocycles. The third kappa shape index (κ3) is 2.79. The molecule has 1 aromatic heterocycles. The molecule has 0 aliphatic carbocycles. The minimum Gasteiger partial charge on any atom is -0.351 e. The molecule has 2 rings (SSSR count). The fourth-order valence-electron chi connectivity index (χ4n) is 2.48. The van der Waals surface area contributed by atoms with E-state index in [0.717, 1.165) is 14.2 Å². The van der Waals surface area contributed by atoms with Gasteiger partial charge in [-0.2, -0.15) is 0 Å². The summed E-state index contributed by atoms with van der Waals surface area (Å²) in [5, 5.41) is 0. The number of rotatable bonds is 6. The maximum atomic E-state index is 12.6. The minimum atomic E-state index is -0.370. The fourth-order valence-corrected chi connectivity index (χ4v) is 4.18. The Bertz CT molecular complexity index is 495. The lowest BCUT2D eigenvalue weighted by atomic mass is 10.0. The van der Waals surface area contributed by atoms with Gasteiger partial charge < -0.3 is 14.4 Å². The summed E-state index contributed by atoms with van der Waals surface area (Å²) in [4.78, 5) is 15.5. The lowest BCUT2D eigenvalue weighted by Crippen LogP contribution is -2.45. The molecule has 112 valence electrons. The van der Waals surface area contributed by atoms with Crippen LogP contribution in [0.15, 0.2) is 9.85 Å². The third-order valence-corrected chi connectivity index (χ3v) is 5.40. The Morgan fingerprint density at radius 2 is 1.95 bits per heavy atom. The number of thiophene rings is 1. The van der Waals surface area contributed by atoms with Gasteiger partial charge in [0, 0.05) is 18.1 Å². The van der Waals surface area contributed by atoms with Gasteiger partial charge in [-0.3, -0.25) is 4.79 Å². The van der Waals surface area contributed by atoms with E-state index in [1.807, 2.05) is 24.8 Å². The van der Waals surface area contributed by atoms with Crippen LogP contribution in [-0.4, -0.2) is 36.9 Å². The van der Waals surface area contributed by atoms with Crippen LogP contribution in [0.3, 0.4) is 0 Å². The molecule has 0 atom stereocenters. The number of fused-ring (bicyclic) bond motifs is 1. The van der Waals surface area contributed by atoms with Crippen molar-refractivity contribution in [2.45, 2.75) is 39.5 Å². The molecule has 1 aliphatic rings. The van der Waals surface area contributed by atoms with Crippen molar-refractivity contribution in [2.75, 3.05) is 19.8 Å². The molecule has 0 saturated heterocycles. The van der Waals surface area contributed by atoms with Crippen molar-refractivity contribution in [3.05, 3.63) is 20.3 Å². The predicted octanol–water partition coefficient (Wildman–Crippen LogP) is 3.60. The Hall–Kier alpha value is -0.430. The van der Waals surface area contributed by atoms with E-state index in [1.165, 1.54) is 0 Å². The van der Waals surface area contributed by atoms with E-state index in [4.69, 9.17) is 9.47 Å². The van der Waals surface area contributed by atoms with E-state index in [2.05, 4.69) is 29.8 Å². The molecule has 2 heterocycles. The van der Waals surface area contributed by atoms with E-state index < -0.39 is 0 Å². The number of hydrogen-bond donors (Lipinski definition) is 0. The molecule has 6 heteroatoms. The highest BCUT2D eigenvalue weighted by atomic mass is 79.9. The first-order chi connectivity index (χ1) is 9.41. The Labute approximate surface area is 132 Å². The highest BCUT2D eigenvalue weighted by Crippen LogP contribution is 2.45. The molecule has 0 unspecified atom stereocenters. The van der Waals surface area contributed by atoms with Crippen LogP contribution in [0.5, 0.6) is 0 Å². The maximum Gasteiger partial charge on any atom is 0.256 e. The molecule has 20 heavy (non-hydrogen) atoms. The molecule has 1 aliphatic heterocycles. The van der Waals surface area contributed by atoms with Gasteiger partial charge in [-0.1, -0.05) is 0 Å². The zero-order valence-electron chi connectivity index (χ0n) is 12.2. The van der Waals surface area contributed by atoms with Gasteiger partial charge >= 0.3 is 0 Å². The van der Waals surface area contributed by atoms with Gasteiger partial charge in [0.25, 0.3) is 5.91 Å². The molecular weight excluding hydrogens is 342 g/mol. The van der Waals surface area contributed by atoms with Crippen LogP contribution in [0.1, 0.15) is 42.9 Å². The number of halogens is 1. The zero-order valence-corrected chi connectivity index (χ0v) is 14.6. The Morgan fingerprint density at radius 3 is 2.45 bits per heavy atom. The Morgan fingerprint density at radius 1 is 1.35 bits per heavy atom. The highest BCUT2D eigenvalue weighted by molar-refractivity contribution is 9.11. The molecule has 0 N–H and O–H groups in total. The third-order valence-electron chi connectivity index (χ3n) is 3.44. The lowest BCUT2D eigenvalue weighted by Gasteiger charge is -2.34. The first-order valence-electron chi connectivity index (χ1n) is 6.76. The number of amides is 1. The monoisotopic (exact) mass is 361 g/mol. The average molecular weight is 362 g/mol. The van der Waals surface area contributed by atoms with E-state index in [-0.39, 0.29) is 17.7 Å². The molecule has 0 spiro atoms. The topological polar surface area (TPSA) is 38.8 Å². The second kappa shape index (κ2) is 6.13. The summed E-state index contributed by atoms with van der Waals surface area (Å²) >= 11 is 5.07. The second-order valence-corrected chi connectivity index (χ2v) is 7.54. The van der Waals surface area contributed by atoms with Crippen molar-refractivity contribution in [1.82, 2.24) is 4.90 Å². The molecule has 1 amide bonds. The van der Waals surface area contributed by atoms with Crippen LogP contribution in [-0.2, 0) is 15.0 Å². The fraction of sp³-hybridized carbons (Fsp3) is 0.643. The highest BCUT2D eigenvalue weighted by Gasteiger charge is 2.45. The molecule has 0 fully saturated rings. The zero-order chi connectivity index (χ0) is 14.9. The van der Waals surface area contributed by atoms with E-state index in [1.54, 1.807) is 11.3 Å². The molecule has 0 aromatic carbocycles. The SMILES string of the molecule is CCOC(CN1C(=O)c2cc(Br)sc2C1(C)C)OCC. The van der Waals surface area contributed by atoms with Crippen molar-refractivity contribution in [2.24, 2.45) is 0 Å². The van der Waals surface area contributed by atoms with Gasteiger partial charge in [0.1, 0.15) is 0 Å². The molecular formula is C14H20BrNO3S. The van der Waals surface area contributed by atoms with E-state index >= 15 is 0 Å². The van der Waals surface area contributed by atoms with Crippen molar-refractivity contribution < 1.29 is 14.3 Å². The van der Waals surface area contributed by atoms with Gasteiger partial charge in [0.2, 0.25) is 0 Å². The molecule has 0 radical (unpaired) electrons. The van der Waals surface area contributed by atoms with Crippen LogP contribution >= 0.6 is 27.3 Å². The summed E-state index contributed by atoms with van der Waals surface area (Å²) in [5.74, 6) is 0.0522. The predicted molar refractivity (Wildman–Crippen MR) is 83.1 cm³/mol. The average Bonchev–Trinajstić information content (AvgIpc) is 2.84. The number of ether oxygens (including phenoxy) is 2. The van der Waals surface area contributed by atoms with Crippen molar-refractivity contribution in [3.63, 3.8) is 0 Å². The van der Waals surface area contributed by atoms with Gasteiger partial charge in [-0.25, -0.2) is 0 Å². The van der Waals surface area contributed by atoms with Gasteiger partial charge in [0.05, 0.1) is 21.4 Å². The van der Waals surface area contributed by atoms with Crippen molar-refractivity contribution >= 4 is 33.2 Å². The number of carbonyl (C=O) groups excluding carboxylic acids is 1. The van der Waals surface area contributed by atoms with Crippen LogP contribution in [0, 0.1) is 0 Å². The Kier molecular flexibility index (Phi) is 4.89. The Balaban J connectivity index is 2.21. The quantitative estimate of drug-likeness (QED) is 0.726. The normalized spacial score (nSPS) is 17.1. The van der Waals surface area contributed by atoms with Gasteiger partial charge in [-0.15, -0.1) is 11.3 Å². The summed E-state index contributed by atoms with van der Waals surface area (Å²) in [6, 6.07) is 1.90. The largest absolute Gasteiger partial charge is 0.351 e. The molecule has 0 bridgehead atoms. The lowest BCUT2D eigenvalue weighted by molar-refractivity contribution is -0.149. The maximum absolute atomic E-state index is 12.6. The van der Waals surface area contributed by atoms with Crippen LogP contribution in [0.25, 0.3) is 0 Å². The van der Waals surface area contributed by atoms with Gasteiger partial charge in [0.15, 0.2) is 6.29 Å². The minimum absolute atomic E-state index is 0.0522. The van der Waals surface area contributed by atoms with Crippen molar-refractivity contribution in [1.29, 1.82) is 0 Å². The van der Waals surface area contributed by atoms with Crippen molar-refractivity contribution in [3.8, 4) is 0 Å². The number of hydrogen-bond acceptors (Lipinski definition) is 4. The van der Waals surface area contributed by atoms with Crippen LogP contribution < -0.4 is 0 Å². The van der Waals surface area contributed by atoms with Crippen LogP contribution in [0.2, 0.25) is 0 Å². The van der Waals surface area contributed by atoms with E-state index in [0.29, 0.717) is 19.8 Å². The number of carbonyl (C=O) groups is 1. The van der Waals surface area contributed by atoms with Crippen LogP contribution in [0.4, 0.5) is 0 Å². The smallest absolute Gasteiger partial charge is 0.256 e. The first-order valence-corrected chi connectivity index (χ1v) is 8.37. The van der Waals surface area contributed by atoms with E-state index in [9.17, 15) is 4.79 Å². The molecule has 1 aromatic rings. The summed E-state index contributed by atoms with van der Waals surface area (Å²) in [5.41, 5.74) is 0.467. The molecule has 4 nitrogen and oxygen atoms in total. The summed E-state index contributed by atoms with van der Waals surface area (Å²) in [6.45, 7) is 9.57. The summed E-state index contributed by atoms with van der Waals surface area (Å²) in [6.07, 6.45) is -0.370. The summed E-state index contributed by atoms with van der Waals surface area (Å²) in [7, 11) is 0. The standard InChI is InChI=1S/C14H20BrNO3S/c1-5-18-11(19-6-2)8-16-13(17)9-7-10(15)20-12(9)14(16,3)4/h7,11H,5-6,8H2,1-4H3.